The number of amides is 1. The zero-order valence-corrected chi connectivity index (χ0v) is 15.8. The molecule has 4 rings (SSSR count). The predicted molar refractivity (Wildman–Crippen MR) is 106 cm³/mol. The van der Waals surface area contributed by atoms with Gasteiger partial charge in [0.2, 0.25) is 0 Å². The number of likely N-dealkylation sites (tertiary alicyclic amines) is 1. The molecular weight excluding hydrogens is 379 g/mol. The van der Waals surface area contributed by atoms with Gasteiger partial charge in [-0.05, 0) is 36.2 Å². The highest BCUT2D eigenvalue weighted by Gasteiger charge is 2.20. The van der Waals surface area contributed by atoms with Crippen LogP contribution in [0.15, 0.2) is 48.0 Å². The van der Waals surface area contributed by atoms with E-state index in [4.69, 9.17) is 0 Å². The molecule has 144 valence electrons. The largest absolute Gasteiger partial charge is 0.392 e. The molecule has 1 atom stereocenters. The Labute approximate surface area is 165 Å². The molecule has 1 fully saturated rings. The number of aliphatic hydroxyl groups excluding tert-OH is 1. The summed E-state index contributed by atoms with van der Waals surface area (Å²) in [7, 11) is 0. The van der Waals surface area contributed by atoms with E-state index >= 15 is 0 Å². The van der Waals surface area contributed by atoms with Gasteiger partial charge in [-0.2, -0.15) is 0 Å². The van der Waals surface area contributed by atoms with E-state index in [1.54, 1.807) is 5.38 Å². The van der Waals surface area contributed by atoms with Crippen molar-refractivity contribution in [2.45, 2.75) is 19.1 Å². The third kappa shape index (κ3) is 4.24. The van der Waals surface area contributed by atoms with Crippen molar-refractivity contribution < 1.29 is 14.3 Å². The molecule has 0 saturated carbocycles. The first-order chi connectivity index (χ1) is 13.6. The Morgan fingerprint density at radius 2 is 2.25 bits per heavy atom. The molecule has 0 radical (unpaired) electrons. The van der Waals surface area contributed by atoms with E-state index in [2.05, 4.69) is 20.2 Å². The second-order valence-corrected chi connectivity index (χ2v) is 7.56. The average Bonchev–Trinajstić information content (AvgIpc) is 3.32. The molecule has 1 aliphatic heterocycles. The highest BCUT2D eigenvalue weighted by atomic mass is 32.1. The van der Waals surface area contributed by atoms with Gasteiger partial charge in [0.1, 0.15) is 16.4 Å². The molecule has 8 heteroatoms. The van der Waals surface area contributed by atoms with Crippen molar-refractivity contribution in [1.29, 1.82) is 0 Å². The molecule has 0 bridgehead atoms. The SMILES string of the molecule is O=C(Nc1cccc(CN2CCC(O)C2)c1)c1csc(-c2ncccc2F)n1. The number of aromatic nitrogens is 2. The van der Waals surface area contributed by atoms with Crippen molar-refractivity contribution in [3.63, 3.8) is 0 Å². The molecule has 1 aromatic carbocycles. The van der Waals surface area contributed by atoms with Crippen LogP contribution in [0.5, 0.6) is 0 Å². The lowest BCUT2D eigenvalue weighted by Gasteiger charge is -2.15. The Morgan fingerprint density at radius 1 is 1.36 bits per heavy atom. The van der Waals surface area contributed by atoms with Crippen LogP contribution in [0.25, 0.3) is 10.7 Å². The van der Waals surface area contributed by atoms with Crippen LogP contribution in [0.4, 0.5) is 10.1 Å². The van der Waals surface area contributed by atoms with E-state index in [9.17, 15) is 14.3 Å². The minimum atomic E-state index is -0.469. The highest BCUT2D eigenvalue weighted by Crippen LogP contribution is 2.24. The predicted octanol–water partition coefficient (Wildman–Crippen LogP) is 3.16. The lowest BCUT2D eigenvalue weighted by Crippen LogP contribution is -2.21. The number of nitrogens with zero attached hydrogens (tertiary/aromatic N) is 3. The van der Waals surface area contributed by atoms with Gasteiger partial charge in [0.25, 0.3) is 5.91 Å². The Hall–Kier alpha value is -2.68. The molecule has 1 amide bonds. The van der Waals surface area contributed by atoms with Crippen molar-refractivity contribution in [3.8, 4) is 10.7 Å². The van der Waals surface area contributed by atoms with E-state index in [-0.39, 0.29) is 23.4 Å². The smallest absolute Gasteiger partial charge is 0.275 e. The molecule has 28 heavy (non-hydrogen) atoms. The number of thiazole rings is 1. The van der Waals surface area contributed by atoms with Gasteiger partial charge in [-0.1, -0.05) is 12.1 Å². The van der Waals surface area contributed by atoms with Gasteiger partial charge >= 0.3 is 0 Å². The number of β-amino-alcohol motifs (C(OH)–C–C–N with tert-alkyl or cyclic N) is 1. The summed E-state index contributed by atoms with van der Waals surface area (Å²) in [5.74, 6) is -0.823. The maximum absolute atomic E-state index is 13.9. The van der Waals surface area contributed by atoms with Crippen LogP contribution in [-0.4, -0.2) is 45.1 Å². The van der Waals surface area contributed by atoms with Gasteiger partial charge in [0.15, 0.2) is 5.82 Å². The summed E-state index contributed by atoms with van der Waals surface area (Å²) in [5.41, 5.74) is 2.08. The minimum Gasteiger partial charge on any atom is -0.392 e. The van der Waals surface area contributed by atoms with Crippen LogP contribution >= 0.6 is 11.3 Å². The van der Waals surface area contributed by atoms with Crippen molar-refractivity contribution >= 4 is 22.9 Å². The lowest BCUT2D eigenvalue weighted by atomic mass is 10.2. The fraction of sp³-hybridized carbons (Fsp3) is 0.250. The summed E-state index contributed by atoms with van der Waals surface area (Å²) in [6.45, 7) is 2.26. The molecule has 0 aliphatic carbocycles. The summed E-state index contributed by atoms with van der Waals surface area (Å²) in [6, 6.07) is 10.4. The molecule has 2 aromatic heterocycles. The Kier molecular flexibility index (Phi) is 5.43. The first-order valence-corrected chi connectivity index (χ1v) is 9.83. The van der Waals surface area contributed by atoms with Gasteiger partial charge in [-0.3, -0.25) is 14.7 Å². The van der Waals surface area contributed by atoms with Crippen LogP contribution < -0.4 is 5.32 Å². The quantitative estimate of drug-likeness (QED) is 0.690. The monoisotopic (exact) mass is 398 g/mol. The topological polar surface area (TPSA) is 78.4 Å². The maximum Gasteiger partial charge on any atom is 0.275 e. The van der Waals surface area contributed by atoms with E-state index < -0.39 is 5.82 Å². The second-order valence-electron chi connectivity index (χ2n) is 6.70. The van der Waals surface area contributed by atoms with Crippen molar-refractivity contribution in [3.05, 3.63) is 65.0 Å². The second kappa shape index (κ2) is 8.14. The molecule has 6 nitrogen and oxygen atoms in total. The zero-order chi connectivity index (χ0) is 19.5. The molecule has 1 unspecified atom stereocenters. The number of nitrogens with one attached hydrogen (secondary N) is 1. The van der Waals surface area contributed by atoms with Crippen molar-refractivity contribution in [2.24, 2.45) is 0 Å². The van der Waals surface area contributed by atoms with Crippen LogP contribution in [-0.2, 0) is 6.54 Å². The summed E-state index contributed by atoms with van der Waals surface area (Å²) in [6.07, 6.45) is 2.02. The first-order valence-electron chi connectivity index (χ1n) is 8.95. The summed E-state index contributed by atoms with van der Waals surface area (Å²) >= 11 is 1.18. The Bertz CT molecular complexity index is 994. The number of hydrogen-bond acceptors (Lipinski definition) is 6. The summed E-state index contributed by atoms with van der Waals surface area (Å²) in [5, 5.41) is 14.4. The minimum absolute atomic E-state index is 0.140. The van der Waals surface area contributed by atoms with Crippen LogP contribution in [0.3, 0.4) is 0 Å². The van der Waals surface area contributed by atoms with Crippen LogP contribution in [0.1, 0.15) is 22.5 Å². The van der Waals surface area contributed by atoms with Crippen LogP contribution in [0, 0.1) is 5.82 Å². The average molecular weight is 398 g/mol. The van der Waals surface area contributed by atoms with Crippen molar-refractivity contribution in [1.82, 2.24) is 14.9 Å². The molecule has 3 aromatic rings. The summed E-state index contributed by atoms with van der Waals surface area (Å²) in [4.78, 5) is 22.9. The van der Waals surface area contributed by atoms with E-state index in [0.29, 0.717) is 17.2 Å². The van der Waals surface area contributed by atoms with Gasteiger partial charge in [0.05, 0.1) is 6.10 Å². The third-order valence-electron chi connectivity index (χ3n) is 4.54. The lowest BCUT2D eigenvalue weighted by molar-refractivity contribution is 0.102. The number of benzene rings is 1. The Balaban J connectivity index is 1.44. The van der Waals surface area contributed by atoms with Gasteiger partial charge in [0, 0.05) is 36.9 Å². The molecule has 1 saturated heterocycles. The number of aliphatic hydroxyl groups is 1. The van der Waals surface area contributed by atoms with Gasteiger partial charge in [-0.15, -0.1) is 11.3 Å². The normalized spacial score (nSPS) is 17.0. The maximum atomic E-state index is 13.9. The molecule has 0 spiro atoms. The summed E-state index contributed by atoms with van der Waals surface area (Å²) < 4.78 is 13.9. The Morgan fingerprint density at radius 3 is 3.04 bits per heavy atom. The van der Waals surface area contributed by atoms with Gasteiger partial charge in [-0.25, -0.2) is 9.37 Å². The molecular formula is C20H19FN4O2S. The number of hydrogen-bond donors (Lipinski definition) is 2. The number of carbonyl (C=O) groups is 1. The molecule has 3 heterocycles. The number of rotatable bonds is 5. The standard InChI is InChI=1S/C20H19FN4O2S/c21-16-5-2-7-22-18(16)20-24-17(12-28-20)19(27)23-14-4-1-3-13(9-14)10-25-8-6-15(26)11-25/h1-5,7,9,12,15,26H,6,8,10-11H2,(H,23,27). The number of halogens is 1. The van der Waals surface area contributed by atoms with Crippen molar-refractivity contribution in [2.75, 3.05) is 18.4 Å². The fourth-order valence-electron chi connectivity index (χ4n) is 3.19. The van der Waals surface area contributed by atoms with E-state index in [1.165, 1.54) is 29.7 Å². The third-order valence-corrected chi connectivity index (χ3v) is 5.39. The first kappa shape index (κ1) is 18.7. The molecule has 1 aliphatic rings. The number of carbonyl (C=O) groups excluding carboxylic acids is 1. The number of anilines is 1. The molecule has 2 N–H and O–H groups in total. The van der Waals surface area contributed by atoms with Crippen LogP contribution in [0.2, 0.25) is 0 Å². The highest BCUT2D eigenvalue weighted by molar-refractivity contribution is 7.13. The van der Waals surface area contributed by atoms with Gasteiger partial charge < -0.3 is 10.4 Å². The zero-order valence-electron chi connectivity index (χ0n) is 15.0. The number of pyridine rings is 1. The van der Waals surface area contributed by atoms with E-state index in [0.717, 1.165) is 25.1 Å². The van der Waals surface area contributed by atoms with E-state index in [1.807, 2.05) is 24.3 Å². The fourth-order valence-corrected chi connectivity index (χ4v) is 3.98.